The number of rotatable bonds is 5. The highest BCUT2D eigenvalue weighted by atomic mass is 16.5. The van der Waals surface area contributed by atoms with E-state index in [9.17, 15) is 9.90 Å². The zero-order chi connectivity index (χ0) is 10.4. The molecule has 0 aliphatic rings. The van der Waals surface area contributed by atoms with Gasteiger partial charge in [-0.05, 0) is 18.9 Å². The molecule has 0 aromatic carbocycles. The normalized spacial score (nSPS) is 12.4. The van der Waals surface area contributed by atoms with E-state index >= 15 is 0 Å². The smallest absolute Gasteiger partial charge is 0.334 e. The van der Waals surface area contributed by atoms with Crippen molar-refractivity contribution in [1.82, 2.24) is 9.78 Å². The summed E-state index contributed by atoms with van der Waals surface area (Å²) in [5, 5.41) is 13.2. The van der Waals surface area contributed by atoms with E-state index in [0.717, 1.165) is 0 Å². The fourth-order valence-electron chi connectivity index (χ4n) is 1.13. The molecule has 78 valence electrons. The number of aromatic nitrogens is 2. The first kappa shape index (κ1) is 10.7. The minimum atomic E-state index is -1.02. The van der Waals surface area contributed by atoms with Gasteiger partial charge in [-0.15, -0.1) is 0 Å². The van der Waals surface area contributed by atoms with Crippen molar-refractivity contribution in [3.63, 3.8) is 0 Å². The summed E-state index contributed by atoms with van der Waals surface area (Å²) in [7, 11) is 1.26. The number of aryl methyl sites for hydroxylation is 1. The molecule has 0 spiro atoms. The van der Waals surface area contributed by atoms with E-state index < -0.39 is 12.1 Å². The Balaban J connectivity index is 2.18. The molecule has 1 unspecified atom stereocenters. The van der Waals surface area contributed by atoms with Gasteiger partial charge in [-0.3, -0.25) is 4.68 Å². The SMILES string of the molecule is COC(=O)C(O)CCCn1cccn1. The quantitative estimate of drug-likeness (QED) is 0.686. The number of ether oxygens (including phenoxy) is 1. The molecule has 0 saturated carbocycles. The minimum absolute atomic E-state index is 0.395. The fraction of sp³-hybridized carbons (Fsp3) is 0.556. The maximum Gasteiger partial charge on any atom is 0.334 e. The van der Waals surface area contributed by atoms with Gasteiger partial charge < -0.3 is 9.84 Å². The molecule has 1 N–H and O–H groups in total. The number of nitrogens with zero attached hydrogens (tertiary/aromatic N) is 2. The molecule has 0 saturated heterocycles. The van der Waals surface area contributed by atoms with E-state index in [0.29, 0.717) is 19.4 Å². The maximum absolute atomic E-state index is 10.8. The molecule has 0 aliphatic carbocycles. The molecular formula is C9H14N2O3. The van der Waals surface area contributed by atoms with Crippen molar-refractivity contribution in [2.75, 3.05) is 7.11 Å². The maximum atomic E-state index is 10.8. The average molecular weight is 198 g/mol. The molecule has 5 heteroatoms. The number of carbonyl (C=O) groups is 1. The number of hydrogen-bond donors (Lipinski definition) is 1. The Bertz CT molecular complexity index is 272. The molecule has 14 heavy (non-hydrogen) atoms. The monoisotopic (exact) mass is 198 g/mol. The average Bonchev–Trinajstić information content (AvgIpc) is 2.69. The molecule has 1 rings (SSSR count). The topological polar surface area (TPSA) is 64.3 Å². The van der Waals surface area contributed by atoms with Crippen LogP contribution >= 0.6 is 0 Å². The third-order valence-corrected chi connectivity index (χ3v) is 1.90. The van der Waals surface area contributed by atoms with Crippen LogP contribution in [0.4, 0.5) is 0 Å². The van der Waals surface area contributed by atoms with Crippen molar-refractivity contribution >= 4 is 5.97 Å². The Morgan fingerprint density at radius 2 is 2.50 bits per heavy atom. The second-order valence-electron chi connectivity index (χ2n) is 2.95. The van der Waals surface area contributed by atoms with E-state index in [1.807, 2.05) is 12.3 Å². The molecule has 1 aromatic heterocycles. The van der Waals surface area contributed by atoms with Crippen LogP contribution in [0.15, 0.2) is 18.5 Å². The number of esters is 1. The summed E-state index contributed by atoms with van der Waals surface area (Å²) < 4.78 is 6.14. The Labute approximate surface area is 82.3 Å². The van der Waals surface area contributed by atoms with Gasteiger partial charge >= 0.3 is 5.97 Å². The Morgan fingerprint density at radius 3 is 3.07 bits per heavy atom. The lowest BCUT2D eigenvalue weighted by molar-refractivity contribution is -0.150. The Morgan fingerprint density at radius 1 is 1.71 bits per heavy atom. The van der Waals surface area contributed by atoms with Crippen molar-refractivity contribution in [2.24, 2.45) is 0 Å². The number of methoxy groups -OCH3 is 1. The number of carbonyl (C=O) groups excluding carboxylic acids is 1. The lowest BCUT2D eigenvalue weighted by atomic mass is 10.2. The van der Waals surface area contributed by atoms with Crippen LogP contribution in [0, 0.1) is 0 Å². The zero-order valence-electron chi connectivity index (χ0n) is 8.09. The van der Waals surface area contributed by atoms with Crippen LogP contribution in [0.1, 0.15) is 12.8 Å². The third kappa shape index (κ3) is 3.18. The van der Waals surface area contributed by atoms with Gasteiger partial charge in [-0.1, -0.05) is 0 Å². The molecule has 5 nitrogen and oxygen atoms in total. The summed E-state index contributed by atoms with van der Waals surface area (Å²) in [5.74, 6) is -0.578. The first-order valence-corrected chi connectivity index (χ1v) is 4.47. The molecular weight excluding hydrogens is 184 g/mol. The van der Waals surface area contributed by atoms with Crippen LogP contribution in [0.2, 0.25) is 0 Å². The molecule has 1 atom stereocenters. The van der Waals surface area contributed by atoms with E-state index in [1.54, 1.807) is 10.9 Å². The standard InChI is InChI=1S/C9H14N2O3/c1-14-9(13)8(12)4-2-6-11-7-3-5-10-11/h3,5,7-8,12H,2,4,6H2,1H3. The summed E-state index contributed by atoms with van der Waals surface area (Å²) in [4.78, 5) is 10.8. The second-order valence-corrected chi connectivity index (χ2v) is 2.95. The second kappa shape index (κ2) is 5.39. The van der Waals surface area contributed by atoms with E-state index in [1.165, 1.54) is 7.11 Å². The Kier molecular flexibility index (Phi) is 4.12. The van der Waals surface area contributed by atoms with Crippen molar-refractivity contribution in [2.45, 2.75) is 25.5 Å². The summed E-state index contributed by atoms with van der Waals surface area (Å²) in [6.45, 7) is 0.695. The molecule has 0 aliphatic heterocycles. The molecule has 0 fully saturated rings. The first-order valence-electron chi connectivity index (χ1n) is 4.47. The van der Waals surface area contributed by atoms with Crippen molar-refractivity contribution in [3.05, 3.63) is 18.5 Å². The predicted octanol–water partition coefficient (Wildman–Crippen LogP) is 0.197. The molecule has 1 heterocycles. The largest absolute Gasteiger partial charge is 0.467 e. The van der Waals surface area contributed by atoms with E-state index in [2.05, 4.69) is 9.84 Å². The first-order chi connectivity index (χ1) is 6.74. The number of hydrogen-bond acceptors (Lipinski definition) is 4. The summed E-state index contributed by atoms with van der Waals surface area (Å²) in [5.41, 5.74) is 0. The third-order valence-electron chi connectivity index (χ3n) is 1.90. The molecule has 0 bridgehead atoms. The zero-order valence-corrected chi connectivity index (χ0v) is 8.09. The summed E-state index contributed by atoms with van der Waals surface area (Å²) >= 11 is 0. The van der Waals surface area contributed by atoms with Crippen LogP contribution < -0.4 is 0 Å². The highest BCUT2D eigenvalue weighted by Crippen LogP contribution is 2.01. The van der Waals surface area contributed by atoms with Gasteiger partial charge in [0, 0.05) is 18.9 Å². The van der Waals surface area contributed by atoms with Gasteiger partial charge in [0.25, 0.3) is 0 Å². The van der Waals surface area contributed by atoms with E-state index in [-0.39, 0.29) is 0 Å². The highest BCUT2D eigenvalue weighted by molar-refractivity contribution is 5.74. The molecule has 1 aromatic rings. The van der Waals surface area contributed by atoms with Gasteiger partial charge in [0.15, 0.2) is 6.10 Å². The van der Waals surface area contributed by atoms with Crippen LogP contribution in [0.3, 0.4) is 0 Å². The lowest BCUT2D eigenvalue weighted by Crippen LogP contribution is -2.22. The van der Waals surface area contributed by atoms with Crippen molar-refractivity contribution in [1.29, 1.82) is 0 Å². The summed E-state index contributed by atoms with van der Waals surface area (Å²) in [6, 6.07) is 1.83. The van der Waals surface area contributed by atoms with Crippen LogP contribution in [0.25, 0.3) is 0 Å². The van der Waals surface area contributed by atoms with Gasteiger partial charge in [0.1, 0.15) is 0 Å². The lowest BCUT2D eigenvalue weighted by Gasteiger charge is -2.07. The van der Waals surface area contributed by atoms with Crippen molar-refractivity contribution in [3.8, 4) is 0 Å². The van der Waals surface area contributed by atoms with Crippen LogP contribution in [0.5, 0.6) is 0 Å². The van der Waals surface area contributed by atoms with Gasteiger partial charge in [0.2, 0.25) is 0 Å². The minimum Gasteiger partial charge on any atom is -0.467 e. The van der Waals surface area contributed by atoms with Gasteiger partial charge in [-0.25, -0.2) is 4.79 Å². The molecule has 0 radical (unpaired) electrons. The fourth-order valence-corrected chi connectivity index (χ4v) is 1.13. The van der Waals surface area contributed by atoms with E-state index in [4.69, 9.17) is 0 Å². The van der Waals surface area contributed by atoms with Gasteiger partial charge in [-0.2, -0.15) is 5.10 Å². The number of aliphatic hydroxyl groups is 1. The number of aliphatic hydroxyl groups excluding tert-OH is 1. The molecule has 0 amide bonds. The Hall–Kier alpha value is -1.36. The van der Waals surface area contributed by atoms with Crippen LogP contribution in [-0.4, -0.2) is 34.1 Å². The van der Waals surface area contributed by atoms with Gasteiger partial charge in [0.05, 0.1) is 7.11 Å². The summed E-state index contributed by atoms with van der Waals surface area (Å²) in [6.07, 6.45) is 3.60. The highest BCUT2D eigenvalue weighted by Gasteiger charge is 2.14. The predicted molar refractivity (Wildman–Crippen MR) is 49.5 cm³/mol. The van der Waals surface area contributed by atoms with Crippen LogP contribution in [-0.2, 0) is 16.1 Å². The van der Waals surface area contributed by atoms with Crippen molar-refractivity contribution < 1.29 is 14.6 Å².